The summed E-state index contributed by atoms with van der Waals surface area (Å²) in [6, 6.07) is 3.45. The van der Waals surface area contributed by atoms with Crippen LogP contribution in [0.15, 0.2) is 39.3 Å². The summed E-state index contributed by atoms with van der Waals surface area (Å²) in [4.78, 5) is 25.9. The first-order chi connectivity index (χ1) is 17.1. The highest BCUT2D eigenvalue weighted by atomic mass is 16.6. The van der Waals surface area contributed by atoms with E-state index in [-0.39, 0.29) is 46.5 Å². The maximum atomic E-state index is 12.7. The van der Waals surface area contributed by atoms with Gasteiger partial charge < -0.3 is 24.9 Å². The van der Waals surface area contributed by atoms with Gasteiger partial charge in [-0.05, 0) is 98.7 Å². The molecule has 0 spiro atoms. The molecule has 1 aromatic rings. The molecule has 8 unspecified atom stereocenters. The smallest absolute Gasteiger partial charge is 0.410 e. The molecule has 4 fully saturated rings. The Morgan fingerprint density at radius 2 is 1.94 bits per heavy atom. The minimum Gasteiger partial charge on any atom is -0.442 e. The number of nitrogens with two attached hydrogens (primary N) is 1. The standard InChI is InChI=1S/C29H40N2O5/c1-27-11-7-21(36-26(33)31-14-10-20(30)16-31)15-19(27)4-5-24-23(27)8-12-28(2)22(9-13-29(24,28)34)18-3-6-25(32)35-17-18/h3,6,15,17,20-24,34H,4-5,7-14,16,30H2,1-2H3. The average Bonchev–Trinajstić information content (AvgIpc) is 3.41. The number of hydrogen-bond acceptors (Lipinski definition) is 6. The van der Waals surface area contributed by atoms with Crippen molar-refractivity contribution in [2.45, 2.75) is 95.3 Å². The summed E-state index contributed by atoms with van der Waals surface area (Å²) in [6.07, 6.45) is 11.8. The average molecular weight is 497 g/mol. The van der Waals surface area contributed by atoms with Gasteiger partial charge in [-0.2, -0.15) is 0 Å². The third-order valence-electron chi connectivity index (χ3n) is 11.1. The zero-order chi connectivity index (χ0) is 25.3. The number of carbonyl (C=O) groups is 1. The van der Waals surface area contributed by atoms with Crippen molar-refractivity contribution in [2.75, 3.05) is 13.1 Å². The highest BCUT2D eigenvalue weighted by molar-refractivity contribution is 5.68. The van der Waals surface area contributed by atoms with E-state index in [1.54, 1.807) is 11.2 Å². The van der Waals surface area contributed by atoms with Gasteiger partial charge in [-0.25, -0.2) is 9.59 Å². The monoisotopic (exact) mass is 496 g/mol. The van der Waals surface area contributed by atoms with Crippen LogP contribution in [0.25, 0.3) is 0 Å². The number of carbonyl (C=O) groups excluding carboxylic acids is 1. The maximum Gasteiger partial charge on any atom is 0.410 e. The van der Waals surface area contributed by atoms with Crippen LogP contribution in [-0.4, -0.2) is 46.9 Å². The molecule has 7 heteroatoms. The van der Waals surface area contributed by atoms with E-state index in [4.69, 9.17) is 14.9 Å². The molecule has 1 aromatic heterocycles. The number of allylic oxidation sites excluding steroid dienone is 1. The molecule has 7 nitrogen and oxygen atoms in total. The Morgan fingerprint density at radius 3 is 2.67 bits per heavy atom. The summed E-state index contributed by atoms with van der Waals surface area (Å²) < 4.78 is 11.1. The van der Waals surface area contributed by atoms with E-state index in [9.17, 15) is 14.7 Å². The van der Waals surface area contributed by atoms with E-state index in [0.717, 1.165) is 63.4 Å². The van der Waals surface area contributed by atoms with Gasteiger partial charge in [0.15, 0.2) is 0 Å². The summed E-state index contributed by atoms with van der Waals surface area (Å²) in [5.74, 6) is 0.881. The van der Waals surface area contributed by atoms with Crippen LogP contribution >= 0.6 is 0 Å². The Balaban J connectivity index is 1.21. The van der Waals surface area contributed by atoms with Crippen LogP contribution in [0.5, 0.6) is 0 Å². The number of amides is 1. The molecule has 36 heavy (non-hydrogen) atoms. The summed E-state index contributed by atoms with van der Waals surface area (Å²) in [7, 11) is 0. The van der Waals surface area contributed by atoms with Gasteiger partial charge in [0.1, 0.15) is 6.10 Å². The molecule has 0 radical (unpaired) electrons. The molecule has 1 amide bonds. The highest BCUT2D eigenvalue weighted by Gasteiger charge is 2.66. The van der Waals surface area contributed by atoms with Crippen LogP contribution in [0.4, 0.5) is 4.79 Å². The Bertz CT molecular complexity index is 1110. The van der Waals surface area contributed by atoms with E-state index in [1.807, 2.05) is 6.07 Å². The molecule has 2 heterocycles. The number of hydrogen-bond donors (Lipinski definition) is 2. The molecule has 0 aromatic carbocycles. The molecule has 5 aliphatic rings. The van der Waals surface area contributed by atoms with Crippen molar-refractivity contribution in [3.63, 3.8) is 0 Å². The highest BCUT2D eigenvalue weighted by Crippen LogP contribution is 2.70. The minimum atomic E-state index is -0.719. The molecule has 196 valence electrons. The zero-order valence-corrected chi connectivity index (χ0v) is 21.6. The van der Waals surface area contributed by atoms with Crippen LogP contribution < -0.4 is 11.4 Å². The van der Waals surface area contributed by atoms with Gasteiger partial charge in [0.05, 0.1) is 11.9 Å². The first kappa shape index (κ1) is 24.2. The number of aliphatic hydroxyl groups is 1. The van der Waals surface area contributed by atoms with Crippen molar-refractivity contribution in [3.8, 4) is 0 Å². The second-order valence-electron chi connectivity index (χ2n) is 12.7. The van der Waals surface area contributed by atoms with Crippen molar-refractivity contribution in [1.82, 2.24) is 4.90 Å². The zero-order valence-electron chi connectivity index (χ0n) is 21.6. The van der Waals surface area contributed by atoms with Gasteiger partial charge in [-0.3, -0.25) is 0 Å². The largest absolute Gasteiger partial charge is 0.442 e. The molecule has 6 rings (SSSR count). The van der Waals surface area contributed by atoms with E-state index in [0.29, 0.717) is 19.0 Å². The molecule has 4 aliphatic carbocycles. The fourth-order valence-corrected chi connectivity index (χ4v) is 9.02. The predicted octanol–water partition coefficient (Wildman–Crippen LogP) is 4.34. The number of likely N-dealkylation sites (tertiary alicyclic amines) is 1. The van der Waals surface area contributed by atoms with Gasteiger partial charge in [-0.1, -0.05) is 19.4 Å². The fourth-order valence-electron chi connectivity index (χ4n) is 9.02. The minimum absolute atomic E-state index is 0.0382. The third kappa shape index (κ3) is 3.52. The summed E-state index contributed by atoms with van der Waals surface area (Å²) in [5, 5.41) is 12.4. The van der Waals surface area contributed by atoms with E-state index >= 15 is 0 Å². The molecule has 0 bridgehead atoms. The van der Waals surface area contributed by atoms with Crippen LogP contribution in [-0.2, 0) is 4.74 Å². The van der Waals surface area contributed by atoms with E-state index < -0.39 is 5.60 Å². The van der Waals surface area contributed by atoms with Crippen molar-refractivity contribution < 1.29 is 19.1 Å². The lowest BCUT2D eigenvalue weighted by molar-refractivity contribution is -0.178. The van der Waals surface area contributed by atoms with Crippen molar-refractivity contribution in [2.24, 2.45) is 28.4 Å². The first-order valence-electron chi connectivity index (χ1n) is 13.9. The lowest BCUT2D eigenvalue weighted by Gasteiger charge is -2.61. The van der Waals surface area contributed by atoms with Gasteiger partial charge in [0.25, 0.3) is 0 Å². The lowest BCUT2D eigenvalue weighted by atomic mass is 9.45. The maximum absolute atomic E-state index is 12.7. The van der Waals surface area contributed by atoms with Crippen molar-refractivity contribution in [1.29, 1.82) is 0 Å². The lowest BCUT2D eigenvalue weighted by Crippen LogP contribution is -2.60. The fraction of sp³-hybridized carbons (Fsp3) is 0.724. The van der Waals surface area contributed by atoms with Crippen molar-refractivity contribution in [3.05, 3.63) is 46.0 Å². The molecular formula is C29H40N2O5. The van der Waals surface area contributed by atoms with E-state index in [2.05, 4.69) is 19.9 Å². The molecule has 3 saturated carbocycles. The van der Waals surface area contributed by atoms with Crippen LogP contribution in [0.3, 0.4) is 0 Å². The van der Waals surface area contributed by atoms with Gasteiger partial charge in [0.2, 0.25) is 0 Å². The first-order valence-corrected chi connectivity index (χ1v) is 13.9. The molecule has 1 aliphatic heterocycles. The Hall–Kier alpha value is -2.12. The number of nitrogens with zero attached hydrogens (tertiary/aromatic N) is 1. The Labute approximate surface area is 213 Å². The van der Waals surface area contributed by atoms with Crippen LogP contribution in [0.1, 0.15) is 83.1 Å². The number of rotatable bonds is 2. The third-order valence-corrected chi connectivity index (χ3v) is 11.1. The Kier molecular flexibility index (Phi) is 5.69. The van der Waals surface area contributed by atoms with Gasteiger partial charge in [0, 0.05) is 30.6 Å². The Morgan fingerprint density at radius 1 is 1.11 bits per heavy atom. The van der Waals surface area contributed by atoms with Crippen molar-refractivity contribution >= 4 is 6.09 Å². The molecule has 8 atom stereocenters. The topological polar surface area (TPSA) is 106 Å². The number of ether oxygens (including phenoxy) is 1. The van der Waals surface area contributed by atoms with Gasteiger partial charge in [-0.15, -0.1) is 0 Å². The molecule has 3 N–H and O–H groups in total. The van der Waals surface area contributed by atoms with Crippen LogP contribution in [0.2, 0.25) is 0 Å². The molecule has 1 saturated heterocycles. The summed E-state index contributed by atoms with van der Waals surface area (Å²) in [6.45, 7) is 5.91. The summed E-state index contributed by atoms with van der Waals surface area (Å²) >= 11 is 0. The normalized spacial score (nSPS) is 43.8. The summed E-state index contributed by atoms with van der Waals surface area (Å²) in [5.41, 5.74) is 7.18. The second kappa shape index (κ2) is 8.45. The molecular weight excluding hydrogens is 456 g/mol. The van der Waals surface area contributed by atoms with Crippen LogP contribution in [0, 0.1) is 22.7 Å². The quantitative estimate of drug-likeness (QED) is 0.590. The second-order valence-corrected chi connectivity index (χ2v) is 12.7. The van der Waals surface area contributed by atoms with E-state index in [1.165, 1.54) is 11.6 Å². The van der Waals surface area contributed by atoms with Gasteiger partial charge >= 0.3 is 11.7 Å². The predicted molar refractivity (Wildman–Crippen MR) is 135 cm³/mol. The SMILES string of the molecule is CC12CCC(OC(=O)N3CCC(N)C3)C=C1CCC1C2CCC2(C)C(c3ccc(=O)oc3)CCC12O. The number of fused-ring (bicyclic) bond motifs is 5.